The maximum Gasteiger partial charge on any atom is 0.255 e. The van der Waals surface area contributed by atoms with Gasteiger partial charge in [-0.05, 0) is 6.92 Å². The maximum absolute atomic E-state index is 11.8. The minimum atomic E-state index is -2.56. The highest BCUT2D eigenvalue weighted by atomic mass is 19.3. The Balaban J connectivity index is 2.34. The molecule has 0 bridgehead atoms. The maximum atomic E-state index is 11.8. The fourth-order valence-electron chi connectivity index (χ4n) is 1.53. The van der Waals surface area contributed by atoms with Gasteiger partial charge in [-0.2, -0.15) is 0 Å². The van der Waals surface area contributed by atoms with Gasteiger partial charge < -0.3 is 20.7 Å². The van der Waals surface area contributed by atoms with E-state index in [1.54, 1.807) is 4.90 Å². The number of nitrogens with zero attached hydrogens (tertiary/aromatic N) is 2. The molecule has 18 heavy (non-hydrogen) atoms. The van der Waals surface area contributed by atoms with Crippen molar-refractivity contribution in [1.82, 2.24) is 10.2 Å². The number of alkyl halides is 2. The zero-order valence-corrected chi connectivity index (χ0v) is 10.2. The molecule has 3 N–H and O–H groups in total. The predicted octanol–water partition coefficient (Wildman–Crippen LogP) is -0.597. The molecule has 0 radical (unpaired) electrons. The first-order valence-corrected chi connectivity index (χ1v) is 5.70. The molecule has 0 spiro atoms. The molecular weight excluding hydrogens is 246 g/mol. The second-order valence-electron chi connectivity index (χ2n) is 4.00. The predicted molar refractivity (Wildman–Crippen MR) is 62.5 cm³/mol. The Labute approximate surface area is 104 Å². The Kier molecular flexibility index (Phi) is 5.76. The van der Waals surface area contributed by atoms with E-state index in [0.29, 0.717) is 19.7 Å². The van der Waals surface area contributed by atoms with Crippen LogP contribution in [0, 0.1) is 0 Å². The molecule has 1 aliphatic rings. The molecule has 104 valence electrons. The average molecular weight is 264 g/mol. The van der Waals surface area contributed by atoms with Crippen molar-refractivity contribution < 1.29 is 18.3 Å². The molecule has 1 amide bonds. The minimum Gasteiger partial charge on any atom is -0.375 e. The smallest absolute Gasteiger partial charge is 0.255 e. The van der Waals surface area contributed by atoms with Gasteiger partial charge in [0.2, 0.25) is 5.91 Å². The lowest BCUT2D eigenvalue weighted by Gasteiger charge is -2.31. The number of ether oxygens (including phenoxy) is 1. The molecule has 0 aromatic rings. The van der Waals surface area contributed by atoms with Crippen LogP contribution in [0.1, 0.15) is 6.92 Å². The molecule has 0 aliphatic carbocycles. The Morgan fingerprint density at radius 2 is 2.39 bits per heavy atom. The Hall–Kier alpha value is -1.44. The number of carbonyl (C=O) groups excluding carboxylic acids is 1. The fraction of sp³-hybridized carbons (Fsp3) is 0.800. The van der Waals surface area contributed by atoms with Gasteiger partial charge in [0.25, 0.3) is 6.43 Å². The number of guanidine groups is 1. The van der Waals surface area contributed by atoms with E-state index in [2.05, 4.69) is 10.3 Å². The summed E-state index contributed by atoms with van der Waals surface area (Å²) in [6.07, 6.45) is -2.50. The third-order valence-electron chi connectivity index (χ3n) is 2.40. The first kappa shape index (κ1) is 14.6. The first-order valence-electron chi connectivity index (χ1n) is 5.70. The molecule has 1 aliphatic heterocycles. The SMILES string of the molecule is CC1CN(C(N)=NCC(=O)NCC(F)F)CCO1. The average Bonchev–Trinajstić information content (AvgIpc) is 2.33. The van der Waals surface area contributed by atoms with Crippen molar-refractivity contribution in [3.05, 3.63) is 0 Å². The van der Waals surface area contributed by atoms with Gasteiger partial charge in [-0.25, -0.2) is 13.8 Å². The number of hydrogen-bond donors (Lipinski definition) is 2. The van der Waals surface area contributed by atoms with Crippen LogP contribution < -0.4 is 11.1 Å². The normalized spacial score (nSPS) is 21.2. The number of morpholine rings is 1. The summed E-state index contributed by atoms with van der Waals surface area (Å²) >= 11 is 0. The highest BCUT2D eigenvalue weighted by molar-refractivity contribution is 5.84. The summed E-state index contributed by atoms with van der Waals surface area (Å²) in [5.74, 6) is -0.336. The van der Waals surface area contributed by atoms with Crippen molar-refractivity contribution in [2.45, 2.75) is 19.5 Å². The summed E-state index contributed by atoms with van der Waals surface area (Å²) < 4.78 is 29.0. The second-order valence-corrected chi connectivity index (χ2v) is 4.00. The largest absolute Gasteiger partial charge is 0.375 e. The summed E-state index contributed by atoms with van der Waals surface area (Å²) in [7, 11) is 0. The van der Waals surface area contributed by atoms with Gasteiger partial charge in [-0.15, -0.1) is 0 Å². The fourth-order valence-corrected chi connectivity index (χ4v) is 1.53. The summed E-state index contributed by atoms with van der Waals surface area (Å²) in [5.41, 5.74) is 5.71. The standard InChI is InChI=1S/C10H18F2N4O2/c1-7-6-16(2-3-18-7)10(13)15-5-9(17)14-4-8(11)12/h7-8H,2-6H2,1H3,(H2,13,15)(H,14,17). The highest BCUT2D eigenvalue weighted by Crippen LogP contribution is 2.03. The number of halogens is 2. The zero-order chi connectivity index (χ0) is 13.5. The molecule has 6 nitrogen and oxygen atoms in total. The molecule has 1 atom stereocenters. The molecule has 1 unspecified atom stereocenters. The van der Waals surface area contributed by atoms with Crippen LogP contribution in [0.4, 0.5) is 8.78 Å². The molecule has 8 heteroatoms. The van der Waals surface area contributed by atoms with Crippen LogP contribution in [0.15, 0.2) is 4.99 Å². The van der Waals surface area contributed by atoms with E-state index < -0.39 is 18.9 Å². The van der Waals surface area contributed by atoms with Crippen molar-refractivity contribution in [2.75, 3.05) is 32.8 Å². The van der Waals surface area contributed by atoms with Gasteiger partial charge in [0.1, 0.15) is 6.54 Å². The van der Waals surface area contributed by atoms with E-state index in [1.165, 1.54) is 0 Å². The number of rotatable bonds is 4. The van der Waals surface area contributed by atoms with E-state index in [0.717, 1.165) is 0 Å². The van der Waals surface area contributed by atoms with E-state index in [9.17, 15) is 13.6 Å². The van der Waals surface area contributed by atoms with Crippen LogP contribution >= 0.6 is 0 Å². The van der Waals surface area contributed by atoms with Crippen LogP contribution in [-0.4, -0.2) is 62.1 Å². The van der Waals surface area contributed by atoms with Crippen LogP contribution in [0.5, 0.6) is 0 Å². The van der Waals surface area contributed by atoms with Crippen molar-refractivity contribution in [2.24, 2.45) is 10.7 Å². The summed E-state index contributed by atoms with van der Waals surface area (Å²) in [4.78, 5) is 16.8. The van der Waals surface area contributed by atoms with E-state index in [1.807, 2.05) is 6.92 Å². The van der Waals surface area contributed by atoms with E-state index in [-0.39, 0.29) is 18.6 Å². The zero-order valence-electron chi connectivity index (χ0n) is 10.2. The minimum absolute atomic E-state index is 0.0557. The van der Waals surface area contributed by atoms with Gasteiger partial charge in [0.15, 0.2) is 5.96 Å². The van der Waals surface area contributed by atoms with Crippen LogP contribution in [-0.2, 0) is 9.53 Å². The number of aliphatic imine (C=N–C) groups is 1. The molecule has 1 heterocycles. The van der Waals surface area contributed by atoms with Crippen molar-refractivity contribution in [3.8, 4) is 0 Å². The molecule has 1 rings (SSSR count). The molecule has 1 saturated heterocycles. The Bertz CT molecular complexity index is 312. The number of carbonyl (C=O) groups is 1. The van der Waals surface area contributed by atoms with Crippen molar-refractivity contribution in [1.29, 1.82) is 0 Å². The number of hydrogen-bond acceptors (Lipinski definition) is 3. The third-order valence-corrected chi connectivity index (χ3v) is 2.40. The lowest BCUT2D eigenvalue weighted by molar-refractivity contribution is -0.120. The lowest BCUT2D eigenvalue weighted by Crippen LogP contribution is -2.48. The molecule has 0 aromatic carbocycles. The van der Waals surface area contributed by atoms with Gasteiger partial charge in [-0.3, -0.25) is 4.79 Å². The van der Waals surface area contributed by atoms with Crippen LogP contribution in [0.25, 0.3) is 0 Å². The lowest BCUT2D eigenvalue weighted by atomic mass is 10.3. The quantitative estimate of drug-likeness (QED) is 0.525. The van der Waals surface area contributed by atoms with Crippen LogP contribution in [0.3, 0.4) is 0 Å². The third kappa shape index (κ3) is 5.26. The van der Waals surface area contributed by atoms with Gasteiger partial charge in [0, 0.05) is 13.1 Å². The van der Waals surface area contributed by atoms with Gasteiger partial charge >= 0.3 is 0 Å². The second kappa shape index (κ2) is 7.10. The first-order chi connectivity index (χ1) is 8.49. The van der Waals surface area contributed by atoms with Crippen molar-refractivity contribution in [3.63, 3.8) is 0 Å². The molecular formula is C10H18F2N4O2. The highest BCUT2D eigenvalue weighted by Gasteiger charge is 2.18. The number of amides is 1. The summed E-state index contributed by atoms with van der Waals surface area (Å²) in [5, 5.41) is 2.05. The molecule has 0 aromatic heterocycles. The van der Waals surface area contributed by atoms with Crippen molar-refractivity contribution >= 4 is 11.9 Å². The van der Waals surface area contributed by atoms with Gasteiger partial charge in [0.05, 0.1) is 19.3 Å². The van der Waals surface area contributed by atoms with Crippen LogP contribution in [0.2, 0.25) is 0 Å². The molecule has 1 fully saturated rings. The topological polar surface area (TPSA) is 80.0 Å². The van der Waals surface area contributed by atoms with Gasteiger partial charge in [-0.1, -0.05) is 0 Å². The van der Waals surface area contributed by atoms with E-state index >= 15 is 0 Å². The number of nitrogens with two attached hydrogens (primary N) is 1. The molecule has 0 saturated carbocycles. The monoisotopic (exact) mass is 264 g/mol. The number of nitrogens with one attached hydrogen (secondary N) is 1. The Morgan fingerprint density at radius 1 is 1.67 bits per heavy atom. The summed E-state index contributed by atoms with van der Waals surface area (Å²) in [6, 6.07) is 0. The Morgan fingerprint density at radius 3 is 3.00 bits per heavy atom. The van der Waals surface area contributed by atoms with E-state index in [4.69, 9.17) is 10.5 Å². The summed E-state index contributed by atoms with van der Waals surface area (Å²) in [6.45, 7) is 2.77.